The minimum Gasteiger partial charge on any atom is -0.340 e. The summed E-state index contributed by atoms with van der Waals surface area (Å²) in [5.41, 5.74) is 2.58. The Labute approximate surface area is 172 Å². The van der Waals surface area contributed by atoms with Crippen molar-refractivity contribution in [2.24, 2.45) is 11.3 Å². The van der Waals surface area contributed by atoms with E-state index in [-0.39, 0.29) is 23.0 Å². The fraction of sp³-hybridized carbons (Fsp3) is 0.455. The molecule has 1 aromatic carbocycles. The largest absolute Gasteiger partial charge is 0.340 e. The summed E-state index contributed by atoms with van der Waals surface area (Å²) in [6.45, 7) is 3.41. The van der Waals surface area contributed by atoms with Crippen molar-refractivity contribution < 1.29 is 13.2 Å². The first-order valence-corrected chi connectivity index (χ1v) is 11.6. The van der Waals surface area contributed by atoms with E-state index in [1.54, 1.807) is 22.4 Å². The van der Waals surface area contributed by atoms with Gasteiger partial charge in [-0.15, -0.1) is 0 Å². The lowest BCUT2D eigenvalue weighted by molar-refractivity contribution is -0.132. The second kappa shape index (κ2) is 7.54. The number of sulfonamides is 1. The highest BCUT2D eigenvalue weighted by Gasteiger charge is 2.62. The van der Waals surface area contributed by atoms with E-state index in [1.165, 1.54) is 0 Å². The zero-order valence-corrected chi connectivity index (χ0v) is 17.7. The highest BCUT2D eigenvalue weighted by atomic mass is 32.2. The van der Waals surface area contributed by atoms with E-state index in [4.69, 9.17) is 0 Å². The van der Waals surface area contributed by atoms with E-state index in [0.29, 0.717) is 19.6 Å². The monoisotopic (exact) mass is 413 g/mol. The number of amides is 1. The summed E-state index contributed by atoms with van der Waals surface area (Å²) >= 11 is 0. The van der Waals surface area contributed by atoms with Gasteiger partial charge in [-0.05, 0) is 42.9 Å². The molecule has 1 amide bonds. The Morgan fingerprint density at radius 3 is 2.69 bits per heavy atom. The van der Waals surface area contributed by atoms with Crippen molar-refractivity contribution in [3.05, 3.63) is 65.5 Å². The number of carbonyl (C=O) groups is 1. The average Bonchev–Trinajstić information content (AvgIpc) is 3.21. The van der Waals surface area contributed by atoms with Gasteiger partial charge in [-0.1, -0.05) is 35.9 Å². The van der Waals surface area contributed by atoms with E-state index in [0.717, 1.165) is 29.7 Å². The molecule has 2 aromatic rings. The molecule has 2 fully saturated rings. The predicted molar refractivity (Wildman–Crippen MR) is 111 cm³/mol. The lowest BCUT2D eigenvalue weighted by atomic mass is 10.0. The lowest BCUT2D eigenvalue weighted by Gasteiger charge is -2.19. The molecule has 1 saturated carbocycles. The van der Waals surface area contributed by atoms with Crippen LogP contribution in [0.3, 0.4) is 0 Å². The third kappa shape index (κ3) is 4.21. The van der Waals surface area contributed by atoms with Gasteiger partial charge in [0.25, 0.3) is 0 Å². The van der Waals surface area contributed by atoms with Gasteiger partial charge in [0, 0.05) is 32.3 Å². The summed E-state index contributed by atoms with van der Waals surface area (Å²) < 4.78 is 27.3. The van der Waals surface area contributed by atoms with Gasteiger partial charge in [-0.2, -0.15) is 0 Å². The second-order valence-electron chi connectivity index (χ2n) is 8.46. The Morgan fingerprint density at radius 2 is 2.00 bits per heavy atom. The van der Waals surface area contributed by atoms with Crippen LogP contribution in [0.5, 0.6) is 0 Å². The van der Waals surface area contributed by atoms with Gasteiger partial charge in [0.2, 0.25) is 15.9 Å². The van der Waals surface area contributed by atoms with Crippen LogP contribution < -0.4 is 0 Å². The molecule has 2 heterocycles. The summed E-state index contributed by atoms with van der Waals surface area (Å²) in [6.07, 6.45) is 3.25. The Hall–Kier alpha value is -2.25. The average molecular weight is 414 g/mol. The molecule has 1 saturated heterocycles. The minimum absolute atomic E-state index is 0.0154. The first-order valence-electron chi connectivity index (χ1n) is 9.97. The summed E-state index contributed by atoms with van der Waals surface area (Å²) in [5, 5.41) is 0. The number of nitrogens with zero attached hydrogens (tertiary/aromatic N) is 3. The van der Waals surface area contributed by atoms with E-state index >= 15 is 0 Å². The van der Waals surface area contributed by atoms with Crippen molar-refractivity contribution in [3.8, 4) is 0 Å². The summed E-state index contributed by atoms with van der Waals surface area (Å²) in [4.78, 5) is 18.9. The fourth-order valence-corrected chi connectivity index (χ4v) is 5.93. The lowest BCUT2D eigenvalue weighted by Crippen LogP contribution is -2.32. The number of hydrogen-bond acceptors (Lipinski definition) is 4. The molecule has 29 heavy (non-hydrogen) atoms. The smallest absolute Gasteiger partial charge is 0.226 e. The number of rotatable bonds is 6. The van der Waals surface area contributed by atoms with E-state index in [1.807, 2.05) is 49.4 Å². The third-order valence-electron chi connectivity index (χ3n) is 6.20. The van der Waals surface area contributed by atoms with E-state index in [9.17, 15) is 13.2 Å². The number of hydrogen-bond donors (Lipinski definition) is 0. The van der Waals surface area contributed by atoms with Crippen LogP contribution in [0.4, 0.5) is 0 Å². The number of carbonyl (C=O) groups excluding carboxylic acids is 1. The molecular weight excluding hydrogens is 386 g/mol. The van der Waals surface area contributed by atoms with E-state index in [2.05, 4.69) is 4.98 Å². The minimum atomic E-state index is -3.38. The van der Waals surface area contributed by atoms with E-state index < -0.39 is 10.0 Å². The molecular formula is C22H27N3O3S. The van der Waals surface area contributed by atoms with Crippen molar-refractivity contribution in [3.63, 3.8) is 0 Å². The van der Waals surface area contributed by atoms with Crippen LogP contribution in [-0.4, -0.2) is 48.7 Å². The zero-order valence-electron chi connectivity index (χ0n) is 16.9. The van der Waals surface area contributed by atoms with Gasteiger partial charge in [0.05, 0.1) is 18.0 Å². The van der Waals surface area contributed by atoms with Gasteiger partial charge in [0.15, 0.2) is 0 Å². The quantitative estimate of drug-likeness (QED) is 0.730. The number of aryl methyl sites for hydroxylation is 1. The van der Waals surface area contributed by atoms with Crippen molar-refractivity contribution in [1.82, 2.24) is 14.2 Å². The van der Waals surface area contributed by atoms with Crippen LogP contribution in [0.25, 0.3) is 0 Å². The number of benzene rings is 1. The van der Waals surface area contributed by atoms with Crippen LogP contribution in [0.2, 0.25) is 0 Å². The Morgan fingerprint density at radius 1 is 1.24 bits per heavy atom. The van der Waals surface area contributed by atoms with Crippen molar-refractivity contribution in [2.45, 2.75) is 32.1 Å². The van der Waals surface area contributed by atoms with Gasteiger partial charge in [-0.25, -0.2) is 12.7 Å². The molecule has 1 aliphatic carbocycles. The molecule has 0 N–H and O–H groups in total. The Kier molecular flexibility index (Phi) is 5.21. The molecule has 2 atom stereocenters. The maximum atomic E-state index is 12.9. The zero-order chi connectivity index (χ0) is 20.6. The Balaban J connectivity index is 1.37. The van der Waals surface area contributed by atoms with Gasteiger partial charge >= 0.3 is 0 Å². The molecule has 0 bridgehead atoms. The topological polar surface area (TPSA) is 70.6 Å². The molecule has 1 spiro atoms. The molecule has 4 rings (SSSR count). The van der Waals surface area contributed by atoms with Gasteiger partial charge in [0.1, 0.15) is 0 Å². The van der Waals surface area contributed by atoms with Crippen molar-refractivity contribution >= 4 is 15.9 Å². The molecule has 1 aromatic heterocycles. The van der Waals surface area contributed by atoms with Crippen LogP contribution >= 0.6 is 0 Å². The van der Waals surface area contributed by atoms with Crippen LogP contribution in [0.1, 0.15) is 29.7 Å². The highest BCUT2D eigenvalue weighted by molar-refractivity contribution is 7.88. The molecule has 7 heteroatoms. The van der Waals surface area contributed by atoms with Gasteiger partial charge in [-0.3, -0.25) is 9.78 Å². The maximum Gasteiger partial charge on any atom is 0.226 e. The van der Waals surface area contributed by atoms with Crippen LogP contribution in [-0.2, 0) is 27.1 Å². The fourth-order valence-electron chi connectivity index (χ4n) is 4.31. The molecule has 1 aliphatic heterocycles. The van der Waals surface area contributed by atoms with Crippen LogP contribution in [0.15, 0.2) is 48.7 Å². The maximum absolute atomic E-state index is 12.9. The summed E-state index contributed by atoms with van der Waals surface area (Å²) in [7, 11) is -1.58. The summed E-state index contributed by atoms with van der Waals surface area (Å²) in [5.74, 6) is 0.0193. The van der Waals surface area contributed by atoms with Gasteiger partial charge < -0.3 is 4.90 Å². The molecule has 6 nitrogen and oxygen atoms in total. The first kappa shape index (κ1) is 20.0. The van der Waals surface area contributed by atoms with Crippen molar-refractivity contribution in [1.29, 1.82) is 0 Å². The third-order valence-corrected chi connectivity index (χ3v) is 8.00. The number of aromatic nitrogens is 1. The Bertz CT molecular complexity index is 992. The second-order valence-corrected chi connectivity index (χ2v) is 10.4. The molecule has 0 radical (unpaired) electrons. The predicted octanol–water partition coefficient (Wildman–Crippen LogP) is 2.59. The van der Waals surface area contributed by atoms with Crippen LogP contribution in [0, 0.1) is 18.3 Å². The highest BCUT2D eigenvalue weighted by Crippen LogP contribution is 2.59. The molecule has 2 unspecified atom stereocenters. The number of pyridine rings is 1. The van der Waals surface area contributed by atoms with Crippen molar-refractivity contribution in [2.75, 3.05) is 20.1 Å². The molecule has 2 aliphatic rings. The normalized spacial score (nSPS) is 24.0. The first-order chi connectivity index (χ1) is 13.8. The SMILES string of the molecule is Cc1ccc(CS(=O)(=O)N2CCC3(CC3C(=O)N(C)Cc3ccccn3)C2)cc1. The summed E-state index contributed by atoms with van der Waals surface area (Å²) in [6, 6.07) is 13.3. The standard InChI is InChI=1S/C22H27N3O3S/c1-17-6-8-18(9-7-17)15-29(27,28)25-12-10-22(16-25)13-20(22)21(26)24(2)14-19-5-3-4-11-23-19/h3-9,11,20H,10,12-16H2,1-2H3. The molecule has 154 valence electrons.